The minimum Gasteiger partial charge on any atom is -0.457 e. The standard InChI is InChI=1S/C14H15BrN2O/c1-9(2)12-7-10(15)3-4-13(12)18-11-5-6-17-14(16)8-11/h3-9H,1-2H3,(H2,16,17). The highest BCUT2D eigenvalue weighted by Gasteiger charge is 2.09. The van der Waals surface area contributed by atoms with Crippen LogP contribution in [0.5, 0.6) is 11.5 Å². The SMILES string of the molecule is CC(C)c1cc(Br)ccc1Oc1ccnc(N)c1. The van der Waals surface area contributed by atoms with Crippen molar-refractivity contribution >= 4 is 21.7 Å². The number of aromatic nitrogens is 1. The smallest absolute Gasteiger partial charge is 0.132 e. The lowest BCUT2D eigenvalue weighted by atomic mass is 10.0. The normalized spacial score (nSPS) is 10.7. The Bertz CT molecular complexity index is 555. The maximum Gasteiger partial charge on any atom is 0.132 e. The first-order valence-corrected chi connectivity index (χ1v) is 6.54. The van der Waals surface area contributed by atoms with Crippen LogP contribution in [0, 0.1) is 0 Å². The fourth-order valence-corrected chi connectivity index (χ4v) is 2.06. The molecule has 1 heterocycles. The van der Waals surface area contributed by atoms with Crippen LogP contribution in [0.2, 0.25) is 0 Å². The predicted octanol–water partition coefficient (Wildman–Crippen LogP) is 4.34. The zero-order valence-corrected chi connectivity index (χ0v) is 11.9. The van der Waals surface area contributed by atoms with Crippen LogP contribution >= 0.6 is 15.9 Å². The van der Waals surface area contributed by atoms with Crippen molar-refractivity contribution in [3.63, 3.8) is 0 Å². The number of benzene rings is 1. The van der Waals surface area contributed by atoms with E-state index >= 15 is 0 Å². The van der Waals surface area contributed by atoms with Crippen LogP contribution in [0.3, 0.4) is 0 Å². The van der Waals surface area contributed by atoms with Gasteiger partial charge in [0.25, 0.3) is 0 Å². The van der Waals surface area contributed by atoms with Crippen LogP contribution in [-0.4, -0.2) is 4.98 Å². The molecule has 2 aromatic rings. The number of rotatable bonds is 3. The lowest BCUT2D eigenvalue weighted by molar-refractivity contribution is 0.472. The molecule has 0 aliphatic carbocycles. The van der Waals surface area contributed by atoms with E-state index in [-0.39, 0.29) is 0 Å². The second-order valence-corrected chi connectivity index (χ2v) is 5.27. The van der Waals surface area contributed by atoms with Crippen LogP contribution in [-0.2, 0) is 0 Å². The molecule has 3 nitrogen and oxygen atoms in total. The fourth-order valence-electron chi connectivity index (χ4n) is 1.68. The van der Waals surface area contributed by atoms with Gasteiger partial charge in [-0.3, -0.25) is 0 Å². The first-order chi connectivity index (χ1) is 8.56. The van der Waals surface area contributed by atoms with Crippen LogP contribution < -0.4 is 10.5 Å². The van der Waals surface area contributed by atoms with Crippen molar-refractivity contribution in [3.8, 4) is 11.5 Å². The van der Waals surface area contributed by atoms with Crippen molar-refractivity contribution in [2.24, 2.45) is 0 Å². The van der Waals surface area contributed by atoms with Gasteiger partial charge in [0.1, 0.15) is 17.3 Å². The van der Waals surface area contributed by atoms with Crippen molar-refractivity contribution in [3.05, 3.63) is 46.6 Å². The Balaban J connectivity index is 2.34. The Morgan fingerprint density at radius 2 is 2.00 bits per heavy atom. The Kier molecular flexibility index (Phi) is 3.87. The molecule has 1 aromatic carbocycles. The molecule has 0 atom stereocenters. The number of nitrogens with two attached hydrogens (primary N) is 1. The number of hydrogen-bond acceptors (Lipinski definition) is 3. The highest BCUT2D eigenvalue weighted by atomic mass is 79.9. The monoisotopic (exact) mass is 306 g/mol. The summed E-state index contributed by atoms with van der Waals surface area (Å²) in [5.41, 5.74) is 6.79. The third-order valence-corrected chi connectivity index (χ3v) is 3.07. The van der Waals surface area contributed by atoms with Crippen molar-refractivity contribution in [1.82, 2.24) is 4.98 Å². The Labute approximate surface area is 115 Å². The molecule has 0 amide bonds. The highest BCUT2D eigenvalue weighted by Crippen LogP contribution is 2.32. The summed E-state index contributed by atoms with van der Waals surface area (Å²) in [7, 11) is 0. The van der Waals surface area contributed by atoms with Crippen molar-refractivity contribution < 1.29 is 4.74 Å². The lowest BCUT2D eigenvalue weighted by Gasteiger charge is -2.14. The Morgan fingerprint density at radius 1 is 1.22 bits per heavy atom. The molecule has 0 spiro atoms. The topological polar surface area (TPSA) is 48.1 Å². The summed E-state index contributed by atoms with van der Waals surface area (Å²) < 4.78 is 6.91. The minimum absolute atomic E-state index is 0.386. The molecular formula is C14H15BrN2O. The van der Waals surface area contributed by atoms with E-state index in [1.165, 1.54) is 0 Å². The molecule has 0 aliphatic heterocycles. The molecule has 2 N–H and O–H groups in total. The van der Waals surface area contributed by atoms with Crippen molar-refractivity contribution in [2.45, 2.75) is 19.8 Å². The van der Waals surface area contributed by atoms with E-state index < -0.39 is 0 Å². The number of pyridine rings is 1. The average molecular weight is 307 g/mol. The van der Waals surface area contributed by atoms with Gasteiger partial charge in [-0.1, -0.05) is 29.8 Å². The van der Waals surface area contributed by atoms with Gasteiger partial charge in [-0.15, -0.1) is 0 Å². The summed E-state index contributed by atoms with van der Waals surface area (Å²) in [5.74, 6) is 2.39. The van der Waals surface area contributed by atoms with Gasteiger partial charge in [-0.05, 0) is 35.7 Å². The van der Waals surface area contributed by atoms with Gasteiger partial charge >= 0.3 is 0 Å². The molecule has 2 rings (SSSR count). The maximum absolute atomic E-state index is 5.87. The van der Waals surface area contributed by atoms with Gasteiger partial charge in [-0.25, -0.2) is 4.98 Å². The van der Waals surface area contributed by atoms with Crippen molar-refractivity contribution in [1.29, 1.82) is 0 Å². The largest absolute Gasteiger partial charge is 0.457 e. The quantitative estimate of drug-likeness (QED) is 0.917. The van der Waals surface area contributed by atoms with E-state index in [1.807, 2.05) is 12.1 Å². The zero-order valence-electron chi connectivity index (χ0n) is 10.4. The molecule has 18 heavy (non-hydrogen) atoms. The van der Waals surface area contributed by atoms with E-state index in [0.717, 1.165) is 15.8 Å². The zero-order chi connectivity index (χ0) is 13.1. The summed E-state index contributed by atoms with van der Waals surface area (Å²) in [6.07, 6.45) is 1.64. The summed E-state index contributed by atoms with van der Waals surface area (Å²) in [5, 5.41) is 0. The molecule has 0 saturated carbocycles. The maximum atomic E-state index is 5.87. The van der Waals surface area contributed by atoms with E-state index in [9.17, 15) is 0 Å². The Hall–Kier alpha value is -1.55. The summed E-state index contributed by atoms with van der Waals surface area (Å²) in [6.45, 7) is 4.27. The fraction of sp³-hybridized carbons (Fsp3) is 0.214. The number of anilines is 1. The van der Waals surface area contributed by atoms with Gasteiger partial charge in [0, 0.05) is 16.7 Å². The number of hydrogen-bond donors (Lipinski definition) is 1. The van der Waals surface area contributed by atoms with Gasteiger partial charge in [0.05, 0.1) is 0 Å². The van der Waals surface area contributed by atoms with Gasteiger partial charge in [0.2, 0.25) is 0 Å². The molecule has 0 bridgehead atoms. The molecule has 0 unspecified atom stereocenters. The first-order valence-electron chi connectivity index (χ1n) is 5.75. The Morgan fingerprint density at radius 3 is 2.67 bits per heavy atom. The third-order valence-electron chi connectivity index (χ3n) is 2.57. The number of ether oxygens (including phenoxy) is 1. The summed E-state index contributed by atoms with van der Waals surface area (Å²) in [4.78, 5) is 3.94. The van der Waals surface area contributed by atoms with Gasteiger partial charge in [0.15, 0.2) is 0 Å². The van der Waals surface area contributed by atoms with Crippen LogP contribution in [0.15, 0.2) is 41.0 Å². The molecule has 1 aromatic heterocycles. The number of halogens is 1. The van der Waals surface area contributed by atoms with E-state index in [0.29, 0.717) is 17.5 Å². The van der Waals surface area contributed by atoms with Crippen molar-refractivity contribution in [2.75, 3.05) is 5.73 Å². The summed E-state index contributed by atoms with van der Waals surface area (Å²) >= 11 is 3.48. The molecule has 0 saturated heterocycles. The predicted molar refractivity (Wildman–Crippen MR) is 77.0 cm³/mol. The number of nitrogens with zero attached hydrogens (tertiary/aromatic N) is 1. The van der Waals surface area contributed by atoms with Crippen LogP contribution in [0.25, 0.3) is 0 Å². The van der Waals surface area contributed by atoms with Gasteiger partial charge < -0.3 is 10.5 Å². The lowest BCUT2D eigenvalue weighted by Crippen LogP contribution is -1.95. The number of nitrogen functional groups attached to an aromatic ring is 1. The molecule has 0 aliphatic rings. The van der Waals surface area contributed by atoms with Crippen LogP contribution in [0.1, 0.15) is 25.3 Å². The van der Waals surface area contributed by atoms with Crippen LogP contribution in [0.4, 0.5) is 5.82 Å². The molecule has 0 fully saturated rings. The second-order valence-electron chi connectivity index (χ2n) is 4.36. The molecule has 94 valence electrons. The molecule has 4 heteroatoms. The van der Waals surface area contributed by atoms with E-state index in [1.54, 1.807) is 18.3 Å². The molecule has 0 radical (unpaired) electrons. The van der Waals surface area contributed by atoms with E-state index in [2.05, 4.69) is 40.8 Å². The average Bonchev–Trinajstić information content (AvgIpc) is 2.31. The third kappa shape index (κ3) is 3.01. The second kappa shape index (κ2) is 5.40. The minimum atomic E-state index is 0.386. The first kappa shape index (κ1) is 12.9. The van der Waals surface area contributed by atoms with Gasteiger partial charge in [-0.2, -0.15) is 0 Å². The summed E-state index contributed by atoms with van der Waals surface area (Å²) in [6, 6.07) is 9.50. The molecular weight excluding hydrogens is 292 g/mol. The van der Waals surface area contributed by atoms with E-state index in [4.69, 9.17) is 10.5 Å². The highest BCUT2D eigenvalue weighted by molar-refractivity contribution is 9.10.